The van der Waals surface area contributed by atoms with Crippen LogP contribution in [0.25, 0.3) is 0 Å². The van der Waals surface area contributed by atoms with Crippen molar-refractivity contribution in [2.45, 2.75) is 53.4 Å². The maximum absolute atomic E-state index is 4.72. The van der Waals surface area contributed by atoms with E-state index in [1.54, 1.807) is 0 Å². The molecule has 4 nitrogen and oxygen atoms in total. The Morgan fingerprint density at radius 1 is 1.11 bits per heavy atom. The van der Waals surface area contributed by atoms with Crippen LogP contribution < -0.4 is 10.6 Å². The minimum absolute atomic E-state index is 0.246. The lowest BCUT2D eigenvalue weighted by Gasteiger charge is -2.21. The third-order valence-electron chi connectivity index (χ3n) is 3.24. The lowest BCUT2D eigenvalue weighted by Crippen LogP contribution is -2.21. The summed E-state index contributed by atoms with van der Waals surface area (Å²) in [5, 5.41) is 6.83. The van der Waals surface area contributed by atoms with Gasteiger partial charge in [-0.1, -0.05) is 20.8 Å². The summed E-state index contributed by atoms with van der Waals surface area (Å²) in [4.78, 5) is 9.38. The number of rotatable bonds is 5. The lowest BCUT2D eigenvalue weighted by atomic mass is 9.97. The van der Waals surface area contributed by atoms with Crippen LogP contribution in [-0.2, 0) is 0 Å². The highest BCUT2D eigenvalue weighted by Crippen LogP contribution is 2.39. The van der Waals surface area contributed by atoms with E-state index in [1.807, 2.05) is 0 Å². The molecule has 0 spiro atoms. The molecule has 0 aliphatic heterocycles. The summed E-state index contributed by atoms with van der Waals surface area (Å²) in [5.74, 6) is 3.55. The van der Waals surface area contributed by atoms with E-state index < -0.39 is 0 Å². The summed E-state index contributed by atoms with van der Waals surface area (Å²) in [5.41, 5.74) is 1.37. The van der Waals surface area contributed by atoms with Crippen LogP contribution in [0.3, 0.4) is 0 Å². The molecule has 1 aliphatic carbocycles. The van der Waals surface area contributed by atoms with Crippen molar-refractivity contribution in [1.82, 2.24) is 9.97 Å². The van der Waals surface area contributed by atoms with E-state index >= 15 is 0 Å². The van der Waals surface area contributed by atoms with E-state index in [0.29, 0.717) is 5.92 Å². The summed E-state index contributed by atoms with van der Waals surface area (Å²) in [6, 6.07) is 0. The Hall–Kier alpha value is -1.32. The molecule has 0 aromatic carbocycles. The van der Waals surface area contributed by atoms with Gasteiger partial charge in [0.25, 0.3) is 0 Å². The summed E-state index contributed by atoms with van der Waals surface area (Å²) in [6.07, 6.45) is 2.46. The van der Waals surface area contributed by atoms with Crippen LogP contribution in [0.1, 0.15) is 57.8 Å². The van der Waals surface area contributed by atoms with Gasteiger partial charge in [0.1, 0.15) is 17.5 Å². The van der Waals surface area contributed by atoms with Gasteiger partial charge in [0.2, 0.25) is 0 Å². The Labute approximate surface area is 116 Å². The molecular weight excluding hydrogens is 236 g/mol. The van der Waals surface area contributed by atoms with Gasteiger partial charge in [-0.25, -0.2) is 9.97 Å². The largest absolute Gasteiger partial charge is 0.370 e. The summed E-state index contributed by atoms with van der Waals surface area (Å²) < 4.78 is 0. The number of aromatic nitrogens is 2. The summed E-state index contributed by atoms with van der Waals surface area (Å²) in [6.45, 7) is 12.7. The first-order valence-electron chi connectivity index (χ1n) is 7.27. The van der Waals surface area contributed by atoms with Crippen LogP contribution in [0.4, 0.5) is 11.6 Å². The average molecular weight is 262 g/mol. The number of nitrogens with one attached hydrogen (secondary N) is 2. The second-order valence-electron chi connectivity index (χ2n) is 6.62. The molecule has 106 valence electrons. The normalized spacial score (nSPS) is 15.4. The minimum Gasteiger partial charge on any atom is -0.370 e. The topological polar surface area (TPSA) is 49.8 Å². The van der Waals surface area contributed by atoms with Crippen molar-refractivity contribution in [2.75, 3.05) is 23.7 Å². The molecule has 4 heteroatoms. The fourth-order valence-electron chi connectivity index (χ4n) is 1.92. The Balaban J connectivity index is 2.24. The van der Waals surface area contributed by atoms with Crippen molar-refractivity contribution < 1.29 is 0 Å². The van der Waals surface area contributed by atoms with Gasteiger partial charge < -0.3 is 10.6 Å². The van der Waals surface area contributed by atoms with E-state index in [0.717, 1.165) is 36.1 Å². The van der Waals surface area contributed by atoms with Gasteiger partial charge in [-0.15, -0.1) is 0 Å². The SMILES string of the molecule is CCNc1nc(C2CC2)nc(NCC(C)(C)C)c1C. The highest BCUT2D eigenvalue weighted by atomic mass is 15.1. The molecule has 1 heterocycles. The molecule has 1 saturated carbocycles. The molecule has 0 unspecified atom stereocenters. The van der Waals surface area contributed by atoms with Crippen molar-refractivity contribution in [3.05, 3.63) is 11.4 Å². The van der Waals surface area contributed by atoms with Gasteiger partial charge in [0.05, 0.1) is 0 Å². The lowest BCUT2D eigenvalue weighted by molar-refractivity contribution is 0.442. The van der Waals surface area contributed by atoms with Crippen molar-refractivity contribution >= 4 is 11.6 Å². The Morgan fingerprint density at radius 3 is 2.16 bits per heavy atom. The first-order valence-corrected chi connectivity index (χ1v) is 7.27. The van der Waals surface area contributed by atoms with Crippen LogP contribution >= 0.6 is 0 Å². The zero-order chi connectivity index (χ0) is 14.0. The number of nitrogens with zero attached hydrogens (tertiary/aromatic N) is 2. The molecule has 1 aliphatic rings. The number of hydrogen-bond acceptors (Lipinski definition) is 4. The Morgan fingerprint density at radius 2 is 1.68 bits per heavy atom. The average Bonchev–Trinajstić information content (AvgIpc) is 3.13. The quantitative estimate of drug-likeness (QED) is 0.852. The van der Waals surface area contributed by atoms with Gasteiger partial charge in [-0.2, -0.15) is 0 Å². The van der Waals surface area contributed by atoms with Gasteiger partial charge in [-0.05, 0) is 32.1 Å². The molecule has 0 saturated heterocycles. The molecule has 1 aromatic heterocycles. The molecule has 19 heavy (non-hydrogen) atoms. The molecule has 1 fully saturated rings. The molecule has 0 amide bonds. The molecule has 2 rings (SSSR count). The third-order valence-corrected chi connectivity index (χ3v) is 3.24. The fraction of sp³-hybridized carbons (Fsp3) is 0.733. The van der Waals surface area contributed by atoms with E-state index in [-0.39, 0.29) is 5.41 Å². The predicted octanol–water partition coefficient (Wildman–Crippen LogP) is 3.55. The van der Waals surface area contributed by atoms with Crippen molar-refractivity contribution in [1.29, 1.82) is 0 Å². The number of anilines is 2. The molecule has 2 N–H and O–H groups in total. The minimum atomic E-state index is 0.246. The zero-order valence-electron chi connectivity index (χ0n) is 12.8. The van der Waals surface area contributed by atoms with Gasteiger partial charge in [-0.3, -0.25) is 0 Å². The predicted molar refractivity (Wildman–Crippen MR) is 80.9 cm³/mol. The van der Waals surface area contributed by atoms with E-state index in [2.05, 4.69) is 50.2 Å². The van der Waals surface area contributed by atoms with E-state index in [4.69, 9.17) is 4.98 Å². The summed E-state index contributed by atoms with van der Waals surface area (Å²) in [7, 11) is 0. The Bertz CT molecular complexity index is 444. The van der Waals surface area contributed by atoms with Crippen LogP contribution in [0.2, 0.25) is 0 Å². The van der Waals surface area contributed by atoms with Gasteiger partial charge in [0.15, 0.2) is 0 Å². The second-order valence-corrected chi connectivity index (χ2v) is 6.62. The smallest absolute Gasteiger partial charge is 0.136 e. The van der Waals surface area contributed by atoms with Crippen molar-refractivity contribution in [3.63, 3.8) is 0 Å². The molecular formula is C15H26N4. The highest BCUT2D eigenvalue weighted by Gasteiger charge is 2.28. The maximum Gasteiger partial charge on any atom is 0.136 e. The van der Waals surface area contributed by atoms with Crippen molar-refractivity contribution in [2.24, 2.45) is 5.41 Å². The van der Waals surface area contributed by atoms with E-state index in [9.17, 15) is 0 Å². The zero-order valence-corrected chi connectivity index (χ0v) is 12.8. The standard InChI is InChI=1S/C15H26N4/c1-6-16-12-10(2)13(17-9-15(3,4)5)19-14(18-12)11-7-8-11/h11H,6-9H2,1-5H3,(H2,16,17,18,19). The molecule has 0 atom stereocenters. The van der Waals surface area contributed by atoms with Crippen LogP contribution in [0.5, 0.6) is 0 Å². The van der Waals surface area contributed by atoms with Crippen LogP contribution in [0.15, 0.2) is 0 Å². The molecule has 0 bridgehead atoms. The van der Waals surface area contributed by atoms with E-state index in [1.165, 1.54) is 12.8 Å². The molecule has 0 radical (unpaired) electrons. The monoisotopic (exact) mass is 262 g/mol. The van der Waals surface area contributed by atoms with Crippen LogP contribution in [-0.4, -0.2) is 23.1 Å². The fourth-order valence-corrected chi connectivity index (χ4v) is 1.92. The number of hydrogen-bond donors (Lipinski definition) is 2. The van der Waals surface area contributed by atoms with Crippen molar-refractivity contribution in [3.8, 4) is 0 Å². The van der Waals surface area contributed by atoms with Gasteiger partial charge >= 0.3 is 0 Å². The Kier molecular flexibility index (Phi) is 3.97. The second kappa shape index (κ2) is 5.35. The third kappa shape index (κ3) is 3.82. The van der Waals surface area contributed by atoms with Crippen LogP contribution in [0, 0.1) is 12.3 Å². The molecule has 1 aromatic rings. The first-order chi connectivity index (χ1) is 8.90. The summed E-state index contributed by atoms with van der Waals surface area (Å²) >= 11 is 0. The first kappa shape index (κ1) is 14.1. The highest BCUT2D eigenvalue weighted by molar-refractivity contribution is 5.57. The maximum atomic E-state index is 4.72. The van der Waals surface area contributed by atoms with Gasteiger partial charge in [0, 0.05) is 24.6 Å².